The number of benzene rings is 3. The third-order valence-corrected chi connectivity index (χ3v) is 7.95. The van der Waals surface area contributed by atoms with Crippen LogP contribution in [0.3, 0.4) is 0 Å². The highest BCUT2D eigenvalue weighted by Gasteiger charge is 2.26. The van der Waals surface area contributed by atoms with E-state index in [1.54, 1.807) is 4.31 Å². The van der Waals surface area contributed by atoms with Crippen LogP contribution >= 0.6 is 0 Å². The maximum absolute atomic E-state index is 12.7. The zero-order valence-corrected chi connectivity index (χ0v) is 20.3. The van der Waals surface area contributed by atoms with Crippen molar-refractivity contribution in [2.24, 2.45) is 0 Å². The van der Waals surface area contributed by atoms with Gasteiger partial charge in [-0.1, -0.05) is 42.5 Å². The minimum Gasteiger partial charge on any atom is -0.484 e. The zero-order valence-electron chi connectivity index (χ0n) is 19.4. The van der Waals surface area contributed by atoms with Crippen molar-refractivity contribution in [2.45, 2.75) is 13.3 Å². The number of nitrogens with zero attached hydrogens (tertiary/aromatic N) is 2. The van der Waals surface area contributed by atoms with Crippen molar-refractivity contribution in [3.63, 3.8) is 0 Å². The lowest BCUT2D eigenvalue weighted by molar-refractivity contribution is -0.123. The molecule has 1 fully saturated rings. The fourth-order valence-electron chi connectivity index (χ4n) is 4.12. The van der Waals surface area contributed by atoms with Gasteiger partial charge in [-0.25, -0.2) is 8.42 Å². The number of aryl methyl sites for hydroxylation is 1. The molecular weight excluding hydrogens is 450 g/mol. The first kappa shape index (κ1) is 24.0. The van der Waals surface area contributed by atoms with Crippen LogP contribution in [0, 0.1) is 6.92 Å². The van der Waals surface area contributed by atoms with E-state index in [1.807, 2.05) is 48.5 Å². The van der Waals surface area contributed by atoms with E-state index in [9.17, 15) is 13.2 Å². The molecule has 1 aliphatic rings. The van der Waals surface area contributed by atoms with Crippen molar-refractivity contribution >= 4 is 32.4 Å². The normalized spacial score (nSPS) is 14.8. The molecule has 0 saturated carbocycles. The fraction of sp³-hybridized carbons (Fsp3) is 0.346. The zero-order chi connectivity index (χ0) is 24.0. The number of hydrogen-bond donors (Lipinski definition) is 1. The molecule has 0 aliphatic carbocycles. The number of carbonyl (C=O) groups is 1. The second-order valence-corrected chi connectivity index (χ2v) is 10.6. The number of amides is 1. The molecule has 34 heavy (non-hydrogen) atoms. The number of carbonyl (C=O) groups excluding carboxylic acids is 1. The van der Waals surface area contributed by atoms with Gasteiger partial charge in [0.25, 0.3) is 5.91 Å². The predicted molar refractivity (Wildman–Crippen MR) is 136 cm³/mol. The molecule has 0 radical (unpaired) electrons. The van der Waals surface area contributed by atoms with Crippen molar-refractivity contribution in [3.05, 3.63) is 72.3 Å². The molecule has 0 aromatic heterocycles. The van der Waals surface area contributed by atoms with Crippen LogP contribution < -0.4 is 15.0 Å². The molecule has 3 aromatic carbocycles. The Kier molecular flexibility index (Phi) is 7.70. The summed E-state index contributed by atoms with van der Waals surface area (Å²) >= 11 is 0. The molecule has 1 heterocycles. The third-order valence-electron chi connectivity index (χ3n) is 5.99. The summed E-state index contributed by atoms with van der Waals surface area (Å²) in [7, 11) is -3.35. The Morgan fingerprint density at radius 2 is 1.71 bits per heavy atom. The molecule has 0 spiro atoms. The van der Waals surface area contributed by atoms with Gasteiger partial charge in [0.1, 0.15) is 5.75 Å². The highest BCUT2D eigenvalue weighted by molar-refractivity contribution is 7.89. The first-order valence-corrected chi connectivity index (χ1v) is 13.2. The Morgan fingerprint density at radius 3 is 2.47 bits per heavy atom. The van der Waals surface area contributed by atoms with Crippen molar-refractivity contribution in [1.82, 2.24) is 9.62 Å². The van der Waals surface area contributed by atoms with Gasteiger partial charge in [0.05, 0.1) is 5.75 Å². The molecule has 1 amide bonds. The Labute approximate surface area is 201 Å². The lowest BCUT2D eigenvalue weighted by Gasteiger charge is -2.35. The maximum atomic E-state index is 12.7. The lowest BCUT2D eigenvalue weighted by atomic mass is 10.1. The van der Waals surface area contributed by atoms with E-state index in [1.165, 1.54) is 5.56 Å². The van der Waals surface area contributed by atoms with Gasteiger partial charge >= 0.3 is 0 Å². The van der Waals surface area contributed by atoms with Crippen LogP contribution in [0.1, 0.15) is 12.0 Å². The van der Waals surface area contributed by atoms with Crippen LogP contribution in [0.4, 0.5) is 5.69 Å². The van der Waals surface area contributed by atoms with Gasteiger partial charge in [-0.05, 0) is 53.9 Å². The lowest BCUT2D eigenvalue weighted by Crippen LogP contribution is -2.49. The van der Waals surface area contributed by atoms with E-state index in [2.05, 4.69) is 35.3 Å². The van der Waals surface area contributed by atoms with Gasteiger partial charge in [-0.2, -0.15) is 4.31 Å². The molecule has 4 rings (SSSR count). The number of piperazine rings is 1. The van der Waals surface area contributed by atoms with Crippen LogP contribution in [-0.2, 0) is 14.8 Å². The average Bonchev–Trinajstić information content (AvgIpc) is 2.85. The van der Waals surface area contributed by atoms with Gasteiger partial charge in [0.15, 0.2) is 6.61 Å². The Morgan fingerprint density at radius 1 is 0.941 bits per heavy atom. The van der Waals surface area contributed by atoms with Gasteiger partial charge in [0.2, 0.25) is 10.0 Å². The van der Waals surface area contributed by atoms with Gasteiger partial charge in [-0.3, -0.25) is 4.79 Å². The van der Waals surface area contributed by atoms with Crippen LogP contribution in [0.15, 0.2) is 66.7 Å². The van der Waals surface area contributed by atoms with Crippen molar-refractivity contribution in [1.29, 1.82) is 0 Å². The second-order valence-electron chi connectivity index (χ2n) is 8.54. The summed E-state index contributed by atoms with van der Waals surface area (Å²) in [5.74, 6) is 0.377. The Hall–Kier alpha value is -3.10. The van der Waals surface area contributed by atoms with Crippen LogP contribution in [-0.4, -0.2) is 63.7 Å². The molecule has 7 nitrogen and oxygen atoms in total. The van der Waals surface area contributed by atoms with E-state index in [0.29, 0.717) is 44.9 Å². The summed E-state index contributed by atoms with van der Waals surface area (Å²) in [6.45, 7) is 4.54. The first-order valence-electron chi connectivity index (χ1n) is 11.6. The maximum Gasteiger partial charge on any atom is 0.257 e. The number of anilines is 1. The molecule has 0 unspecified atom stereocenters. The van der Waals surface area contributed by atoms with E-state index in [4.69, 9.17) is 4.74 Å². The summed E-state index contributed by atoms with van der Waals surface area (Å²) in [6, 6.07) is 21.9. The molecule has 3 aromatic rings. The van der Waals surface area contributed by atoms with Crippen molar-refractivity contribution in [3.8, 4) is 5.75 Å². The minimum absolute atomic E-state index is 0.0171. The highest BCUT2D eigenvalue weighted by Crippen LogP contribution is 2.21. The molecule has 1 aliphatic heterocycles. The SMILES string of the molecule is Cc1cccc(N2CCN(S(=O)(=O)CCCNC(=O)COc3ccc4ccccc4c3)CC2)c1. The summed E-state index contributed by atoms with van der Waals surface area (Å²) in [5.41, 5.74) is 2.32. The van der Waals surface area contributed by atoms with Crippen molar-refractivity contribution in [2.75, 3.05) is 50.0 Å². The standard InChI is InChI=1S/C26H31N3O4S/c1-21-6-4-9-24(18-21)28-13-15-29(16-14-28)34(31,32)17-5-12-27-26(30)20-33-25-11-10-22-7-2-3-8-23(22)19-25/h2-4,6-11,18-19H,5,12-17,20H2,1H3,(H,27,30). The van der Waals surface area contributed by atoms with Crippen LogP contribution in [0.2, 0.25) is 0 Å². The number of rotatable bonds is 9. The molecule has 8 heteroatoms. The Bertz CT molecular complexity index is 1240. The smallest absolute Gasteiger partial charge is 0.257 e. The van der Waals surface area contributed by atoms with E-state index in [-0.39, 0.29) is 18.3 Å². The highest BCUT2D eigenvalue weighted by atomic mass is 32.2. The third kappa shape index (κ3) is 6.27. The summed E-state index contributed by atoms with van der Waals surface area (Å²) in [6.07, 6.45) is 0.363. The summed E-state index contributed by atoms with van der Waals surface area (Å²) < 4.78 is 32.6. The van der Waals surface area contributed by atoms with Gasteiger partial charge in [0, 0.05) is 38.4 Å². The van der Waals surface area contributed by atoms with E-state index >= 15 is 0 Å². The Balaban J connectivity index is 1.16. The summed E-state index contributed by atoms with van der Waals surface area (Å²) in [4.78, 5) is 14.3. The number of hydrogen-bond acceptors (Lipinski definition) is 5. The van der Waals surface area contributed by atoms with Crippen LogP contribution in [0.25, 0.3) is 10.8 Å². The number of sulfonamides is 1. The molecular formula is C26H31N3O4S. The number of nitrogens with one attached hydrogen (secondary N) is 1. The molecule has 1 N–H and O–H groups in total. The largest absolute Gasteiger partial charge is 0.484 e. The quantitative estimate of drug-likeness (QED) is 0.475. The fourth-order valence-corrected chi connectivity index (χ4v) is 5.60. The minimum atomic E-state index is -3.35. The monoisotopic (exact) mass is 481 g/mol. The number of ether oxygens (including phenoxy) is 1. The van der Waals surface area contributed by atoms with Crippen LogP contribution in [0.5, 0.6) is 5.75 Å². The second kappa shape index (κ2) is 10.9. The average molecular weight is 482 g/mol. The molecule has 0 bridgehead atoms. The number of fused-ring (bicyclic) bond motifs is 1. The first-order chi connectivity index (χ1) is 16.4. The van der Waals surface area contributed by atoms with Gasteiger partial charge in [-0.15, -0.1) is 0 Å². The summed E-state index contributed by atoms with van der Waals surface area (Å²) in [5, 5.41) is 4.90. The molecule has 0 atom stereocenters. The van der Waals surface area contributed by atoms with E-state index < -0.39 is 10.0 Å². The topological polar surface area (TPSA) is 79.0 Å². The van der Waals surface area contributed by atoms with Gasteiger partial charge < -0.3 is 15.0 Å². The predicted octanol–water partition coefficient (Wildman–Crippen LogP) is 3.19. The van der Waals surface area contributed by atoms with E-state index in [0.717, 1.165) is 16.5 Å². The molecule has 180 valence electrons. The van der Waals surface area contributed by atoms with Crippen molar-refractivity contribution < 1.29 is 17.9 Å². The molecule has 1 saturated heterocycles.